The van der Waals surface area contributed by atoms with Gasteiger partial charge in [-0.1, -0.05) is 17.3 Å². The van der Waals surface area contributed by atoms with Gasteiger partial charge in [0.25, 0.3) is 11.7 Å². The molecule has 0 spiro atoms. The molecule has 116 valence electrons. The highest BCUT2D eigenvalue weighted by molar-refractivity contribution is 5.88. The number of rotatable bonds is 4. The minimum Gasteiger partial charge on any atom is -0.371 e. The van der Waals surface area contributed by atoms with E-state index in [9.17, 15) is 9.18 Å². The summed E-state index contributed by atoms with van der Waals surface area (Å²) in [6.07, 6.45) is -0.145. The van der Waals surface area contributed by atoms with Gasteiger partial charge in [-0.05, 0) is 17.7 Å². The van der Waals surface area contributed by atoms with Gasteiger partial charge >= 0.3 is 0 Å². The Morgan fingerprint density at radius 2 is 2.18 bits per heavy atom. The smallest absolute Gasteiger partial charge is 0.290 e. The van der Waals surface area contributed by atoms with Gasteiger partial charge in [0, 0.05) is 13.1 Å². The lowest BCUT2D eigenvalue weighted by atomic mass is 10.1. The molecule has 1 amide bonds. The van der Waals surface area contributed by atoms with Gasteiger partial charge in [-0.15, -0.1) is 0 Å². The highest BCUT2D eigenvalue weighted by Gasteiger charge is 2.24. The third kappa shape index (κ3) is 3.29. The number of halogens is 1. The summed E-state index contributed by atoms with van der Waals surface area (Å²) < 4.78 is 23.7. The molecule has 8 heteroatoms. The van der Waals surface area contributed by atoms with Crippen LogP contribution in [-0.2, 0) is 11.3 Å². The van der Waals surface area contributed by atoms with E-state index in [1.54, 1.807) is 12.1 Å². The second-order valence-corrected chi connectivity index (χ2v) is 5.02. The number of hydrogen-bond donors (Lipinski definition) is 1. The van der Waals surface area contributed by atoms with Gasteiger partial charge < -0.3 is 15.0 Å². The SMILES string of the molecule is NC(=O)c1noc(CN2CCO[C@H](c3ccc(F)cc3)C2)n1. The van der Waals surface area contributed by atoms with E-state index in [2.05, 4.69) is 15.0 Å². The molecule has 0 saturated carbocycles. The first kappa shape index (κ1) is 14.6. The molecule has 0 aliphatic carbocycles. The highest BCUT2D eigenvalue weighted by atomic mass is 19.1. The summed E-state index contributed by atoms with van der Waals surface area (Å²) in [5.41, 5.74) is 5.99. The fraction of sp³-hybridized carbons (Fsp3) is 0.357. The second kappa shape index (κ2) is 6.20. The van der Waals surface area contributed by atoms with Crippen LogP contribution in [0.15, 0.2) is 28.8 Å². The summed E-state index contributed by atoms with van der Waals surface area (Å²) >= 11 is 0. The van der Waals surface area contributed by atoms with Crippen molar-refractivity contribution >= 4 is 5.91 Å². The van der Waals surface area contributed by atoms with Gasteiger partial charge in [0.1, 0.15) is 5.82 Å². The van der Waals surface area contributed by atoms with E-state index in [0.29, 0.717) is 32.1 Å². The molecule has 1 fully saturated rings. The van der Waals surface area contributed by atoms with Crippen molar-refractivity contribution in [3.05, 3.63) is 47.4 Å². The highest BCUT2D eigenvalue weighted by Crippen LogP contribution is 2.23. The molecule has 0 radical (unpaired) electrons. The van der Waals surface area contributed by atoms with Crippen LogP contribution in [0.4, 0.5) is 4.39 Å². The van der Waals surface area contributed by atoms with Crippen molar-refractivity contribution in [2.24, 2.45) is 5.73 Å². The Bertz CT molecular complexity index is 658. The van der Waals surface area contributed by atoms with E-state index in [0.717, 1.165) is 5.56 Å². The van der Waals surface area contributed by atoms with Gasteiger partial charge in [-0.25, -0.2) is 4.39 Å². The molecule has 1 aromatic heterocycles. The van der Waals surface area contributed by atoms with Crippen LogP contribution in [-0.4, -0.2) is 40.6 Å². The van der Waals surface area contributed by atoms with Crippen LogP contribution in [0, 0.1) is 5.82 Å². The van der Waals surface area contributed by atoms with Crippen molar-refractivity contribution in [1.82, 2.24) is 15.0 Å². The van der Waals surface area contributed by atoms with Crippen LogP contribution in [0.3, 0.4) is 0 Å². The van der Waals surface area contributed by atoms with Gasteiger partial charge in [0.15, 0.2) is 0 Å². The van der Waals surface area contributed by atoms with Crippen molar-refractivity contribution in [3.63, 3.8) is 0 Å². The molecular weight excluding hydrogens is 291 g/mol. The Morgan fingerprint density at radius 1 is 1.41 bits per heavy atom. The van der Waals surface area contributed by atoms with Crippen LogP contribution in [0.5, 0.6) is 0 Å². The van der Waals surface area contributed by atoms with Gasteiger partial charge in [-0.2, -0.15) is 4.98 Å². The Kier molecular flexibility index (Phi) is 4.12. The number of amides is 1. The van der Waals surface area contributed by atoms with Crippen molar-refractivity contribution in [2.75, 3.05) is 19.7 Å². The lowest BCUT2D eigenvalue weighted by molar-refractivity contribution is -0.0356. The average molecular weight is 306 g/mol. The Hall–Kier alpha value is -2.32. The first-order valence-electron chi connectivity index (χ1n) is 6.83. The summed E-state index contributed by atoms with van der Waals surface area (Å²) in [5, 5.41) is 3.51. The van der Waals surface area contributed by atoms with Crippen molar-refractivity contribution in [3.8, 4) is 0 Å². The first-order chi connectivity index (χ1) is 10.6. The largest absolute Gasteiger partial charge is 0.371 e. The Balaban J connectivity index is 1.65. The molecule has 2 aromatic rings. The monoisotopic (exact) mass is 306 g/mol. The van der Waals surface area contributed by atoms with Crippen LogP contribution in [0.25, 0.3) is 0 Å². The van der Waals surface area contributed by atoms with E-state index in [1.807, 2.05) is 0 Å². The summed E-state index contributed by atoms with van der Waals surface area (Å²) in [4.78, 5) is 16.9. The Labute approximate surface area is 125 Å². The summed E-state index contributed by atoms with van der Waals surface area (Å²) in [6, 6.07) is 6.24. The number of ether oxygens (including phenoxy) is 1. The fourth-order valence-corrected chi connectivity index (χ4v) is 2.34. The van der Waals surface area contributed by atoms with E-state index in [4.69, 9.17) is 15.0 Å². The van der Waals surface area contributed by atoms with Crippen molar-refractivity contribution in [1.29, 1.82) is 0 Å². The quantitative estimate of drug-likeness (QED) is 0.901. The molecule has 2 heterocycles. The summed E-state index contributed by atoms with van der Waals surface area (Å²) in [7, 11) is 0. The lowest BCUT2D eigenvalue weighted by Crippen LogP contribution is -2.37. The van der Waals surface area contributed by atoms with Crippen molar-refractivity contribution < 1.29 is 18.4 Å². The third-order valence-electron chi connectivity index (χ3n) is 3.44. The maximum atomic E-state index is 13.0. The molecule has 1 aliphatic rings. The number of primary amides is 1. The average Bonchev–Trinajstić information content (AvgIpc) is 2.97. The molecule has 1 aliphatic heterocycles. The summed E-state index contributed by atoms with van der Waals surface area (Å²) in [5.74, 6) is -0.797. The number of morpholine rings is 1. The number of nitrogens with zero attached hydrogens (tertiary/aromatic N) is 3. The molecule has 22 heavy (non-hydrogen) atoms. The van der Waals surface area contributed by atoms with E-state index >= 15 is 0 Å². The van der Waals surface area contributed by atoms with Crippen LogP contribution in [0.2, 0.25) is 0 Å². The number of hydrogen-bond acceptors (Lipinski definition) is 6. The molecule has 3 rings (SSSR count). The maximum Gasteiger partial charge on any atom is 0.290 e. The molecule has 1 saturated heterocycles. The first-order valence-corrected chi connectivity index (χ1v) is 6.83. The molecule has 1 aromatic carbocycles. The molecule has 1 atom stereocenters. The lowest BCUT2D eigenvalue weighted by Gasteiger charge is -2.32. The number of benzene rings is 1. The predicted octanol–water partition coefficient (Wildman–Crippen LogP) is 0.881. The van der Waals surface area contributed by atoms with E-state index in [-0.39, 0.29) is 17.7 Å². The maximum absolute atomic E-state index is 13.0. The fourth-order valence-electron chi connectivity index (χ4n) is 2.34. The second-order valence-electron chi connectivity index (χ2n) is 5.02. The topological polar surface area (TPSA) is 94.5 Å². The number of carbonyl (C=O) groups is 1. The van der Waals surface area contributed by atoms with Gasteiger partial charge in [0.2, 0.25) is 5.89 Å². The molecule has 2 N–H and O–H groups in total. The minimum atomic E-state index is -0.721. The van der Waals surface area contributed by atoms with Gasteiger partial charge in [0.05, 0.1) is 19.3 Å². The standard InChI is InChI=1S/C14H15FN4O3/c15-10-3-1-9(2-4-10)11-7-19(5-6-21-11)8-12-17-14(13(16)20)18-22-12/h1-4,11H,5-8H2,(H2,16,20)/t11-/m0/s1. The normalized spacial score (nSPS) is 19.2. The zero-order chi connectivity index (χ0) is 15.5. The zero-order valence-electron chi connectivity index (χ0n) is 11.7. The molecule has 7 nitrogen and oxygen atoms in total. The predicted molar refractivity (Wildman–Crippen MR) is 73.2 cm³/mol. The van der Waals surface area contributed by atoms with Gasteiger partial charge in [-0.3, -0.25) is 9.69 Å². The van der Waals surface area contributed by atoms with Crippen LogP contribution >= 0.6 is 0 Å². The number of carbonyl (C=O) groups excluding carboxylic acids is 1. The van der Waals surface area contributed by atoms with E-state index < -0.39 is 5.91 Å². The van der Waals surface area contributed by atoms with Crippen molar-refractivity contribution in [2.45, 2.75) is 12.6 Å². The summed E-state index contributed by atoms with van der Waals surface area (Å²) in [6.45, 7) is 2.26. The third-order valence-corrected chi connectivity index (χ3v) is 3.44. The molecule has 0 bridgehead atoms. The van der Waals surface area contributed by atoms with Crippen LogP contribution < -0.4 is 5.73 Å². The van der Waals surface area contributed by atoms with Crippen LogP contribution in [0.1, 0.15) is 28.2 Å². The Morgan fingerprint density at radius 3 is 2.86 bits per heavy atom. The van der Waals surface area contributed by atoms with E-state index in [1.165, 1.54) is 12.1 Å². The molecule has 0 unspecified atom stereocenters. The number of aromatic nitrogens is 2. The minimum absolute atomic E-state index is 0.127. The number of nitrogens with two attached hydrogens (primary N) is 1. The molecular formula is C14H15FN4O3. The zero-order valence-corrected chi connectivity index (χ0v) is 11.7.